The molecule has 0 atom stereocenters. The molecule has 26 heavy (non-hydrogen) atoms. The van der Waals surface area contributed by atoms with E-state index in [-0.39, 0.29) is 11.5 Å². The highest BCUT2D eigenvalue weighted by molar-refractivity contribution is 6.25. The van der Waals surface area contributed by atoms with Crippen molar-refractivity contribution in [2.75, 3.05) is 0 Å². The molecule has 0 amide bonds. The lowest BCUT2D eigenvalue weighted by atomic mass is 10.0. The van der Waals surface area contributed by atoms with Gasteiger partial charge in [-0.3, -0.25) is 9.36 Å². The third kappa shape index (κ3) is 2.48. The number of hydrogen-bond acceptors (Lipinski definition) is 3. The predicted octanol–water partition coefficient (Wildman–Crippen LogP) is 3.80. The van der Waals surface area contributed by atoms with Crippen LogP contribution in [0.4, 0.5) is 0 Å². The summed E-state index contributed by atoms with van der Waals surface area (Å²) in [6, 6.07) is 10.9. The molecule has 6 heteroatoms. The maximum absolute atomic E-state index is 12.0. The summed E-state index contributed by atoms with van der Waals surface area (Å²) in [6.07, 6.45) is 6.59. The lowest BCUT2D eigenvalue weighted by Crippen LogP contribution is -2.03. The molecule has 3 aromatic heterocycles. The molecule has 1 aromatic carbocycles. The van der Waals surface area contributed by atoms with E-state index in [9.17, 15) is 14.7 Å². The molecule has 0 fully saturated rings. The molecule has 2 N–H and O–H groups in total. The van der Waals surface area contributed by atoms with Crippen molar-refractivity contribution in [2.24, 2.45) is 0 Å². The van der Waals surface area contributed by atoms with E-state index in [1.165, 1.54) is 11.5 Å². The van der Waals surface area contributed by atoms with E-state index >= 15 is 0 Å². The Kier molecular flexibility index (Phi) is 3.65. The molecule has 0 bridgehead atoms. The molecule has 0 aliphatic carbocycles. The number of aromatic amines is 1. The number of carbonyl (C=O) groups is 2. The van der Waals surface area contributed by atoms with Crippen LogP contribution in [0.25, 0.3) is 33.6 Å². The highest BCUT2D eigenvalue weighted by atomic mass is 16.4. The van der Waals surface area contributed by atoms with Gasteiger partial charge >= 0.3 is 5.97 Å². The number of carbonyl (C=O) groups excluding carboxylic acids is 1. The van der Waals surface area contributed by atoms with Crippen molar-refractivity contribution < 1.29 is 14.7 Å². The van der Waals surface area contributed by atoms with Crippen molar-refractivity contribution in [3.05, 3.63) is 66.1 Å². The lowest BCUT2D eigenvalue weighted by Gasteiger charge is -2.01. The van der Waals surface area contributed by atoms with E-state index in [0.29, 0.717) is 22.1 Å². The summed E-state index contributed by atoms with van der Waals surface area (Å²) in [5.41, 5.74) is 2.72. The molecule has 128 valence electrons. The summed E-state index contributed by atoms with van der Waals surface area (Å²) >= 11 is 0. The third-order valence-corrected chi connectivity index (χ3v) is 4.35. The summed E-state index contributed by atoms with van der Waals surface area (Å²) in [4.78, 5) is 31.2. The van der Waals surface area contributed by atoms with Gasteiger partial charge in [-0.15, -0.1) is 0 Å². The molecule has 4 rings (SSSR count). The van der Waals surface area contributed by atoms with Crippen LogP contribution in [0.1, 0.15) is 22.8 Å². The SMILES string of the molecule is CC(=O)n1cc(C(=Cc2c[nH]c3ncccc23)C(=O)O)c2ccccc21. The van der Waals surface area contributed by atoms with Crippen LogP contribution in [0, 0.1) is 0 Å². The van der Waals surface area contributed by atoms with E-state index in [0.717, 1.165) is 10.9 Å². The maximum Gasteiger partial charge on any atom is 0.336 e. The number of aromatic nitrogens is 3. The number of benzene rings is 1. The second-order valence-corrected chi connectivity index (χ2v) is 5.96. The van der Waals surface area contributed by atoms with Crippen molar-refractivity contribution in [2.45, 2.75) is 6.92 Å². The van der Waals surface area contributed by atoms with Crippen molar-refractivity contribution in [1.82, 2.24) is 14.5 Å². The third-order valence-electron chi connectivity index (χ3n) is 4.35. The van der Waals surface area contributed by atoms with Crippen LogP contribution in [-0.2, 0) is 4.79 Å². The van der Waals surface area contributed by atoms with Crippen molar-refractivity contribution in [3.8, 4) is 0 Å². The summed E-state index contributed by atoms with van der Waals surface area (Å²) in [5, 5.41) is 11.4. The largest absolute Gasteiger partial charge is 0.478 e. The summed E-state index contributed by atoms with van der Waals surface area (Å²) in [7, 11) is 0. The first-order chi connectivity index (χ1) is 12.6. The average molecular weight is 345 g/mol. The van der Waals surface area contributed by atoms with Crippen molar-refractivity contribution >= 4 is 45.5 Å². The van der Waals surface area contributed by atoms with Crippen LogP contribution in [0.2, 0.25) is 0 Å². The van der Waals surface area contributed by atoms with Gasteiger partial charge in [0, 0.05) is 47.4 Å². The van der Waals surface area contributed by atoms with Crippen molar-refractivity contribution in [1.29, 1.82) is 0 Å². The number of hydrogen-bond donors (Lipinski definition) is 2. The first kappa shape index (κ1) is 15.8. The highest BCUT2D eigenvalue weighted by Crippen LogP contribution is 2.30. The number of para-hydroxylation sites is 1. The predicted molar refractivity (Wildman–Crippen MR) is 99.8 cm³/mol. The fraction of sp³-hybridized carbons (Fsp3) is 0.0500. The number of carboxylic acid groups (broad SMARTS) is 1. The van der Waals surface area contributed by atoms with Gasteiger partial charge in [0.05, 0.1) is 11.1 Å². The normalized spacial score (nSPS) is 12.0. The Morgan fingerprint density at radius 2 is 1.92 bits per heavy atom. The Labute approximate surface area is 148 Å². The molecule has 0 spiro atoms. The minimum atomic E-state index is -1.06. The molecule has 3 heterocycles. The van der Waals surface area contributed by atoms with Gasteiger partial charge in [-0.2, -0.15) is 0 Å². The van der Waals surface area contributed by atoms with Crippen LogP contribution in [0.5, 0.6) is 0 Å². The molecular weight excluding hydrogens is 330 g/mol. The molecule has 0 saturated heterocycles. The van der Waals surface area contributed by atoms with Crippen LogP contribution in [0.3, 0.4) is 0 Å². The van der Waals surface area contributed by atoms with Crippen LogP contribution in [0.15, 0.2) is 55.0 Å². The second kappa shape index (κ2) is 6.00. The van der Waals surface area contributed by atoms with Gasteiger partial charge in [-0.25, -0.2) is 9.78 Å². The van der Waals surface area contributed by atoms with Gasteiger partial charge in [-0.1, -0.05) is 18.2 Å². The zero-order chi connectivity index (χ0) is 18.3. The number of rotatable bonds is 3. The van der Waals surface area contributed by atoms with Gasteiger partial charge in [-0.05, 0) is 24.3 Å². The monoisotopic (exact) mass is 345 g/mol. The fourth-order valence-corrected chi connectivity index (χ4v) is 3.16. The Bertz CT molecular complexity index is 1200. The first-order valence-electron chi connectivity index (χ1n) is 8.05. The van der Waals surface area contributed by atoms with Gasteiger partial charge in [0.2, 0.25) is 5.91 Å². The van der Waals surface area contributed by atoms with Gasteiger partial charge in [0.1, 0.15) is 5.65 Å². The molecule has 0 aliphatic rings. The molecule has 0 saturated carbocycles. The summed E-state index contributed by atoms with van der Waals surface area (Å²) in [6.45, 7) is 1.45. The number of H-pyrrole nitrogens is 1. The zero-order valence-corrected chi connectivity index (χ0v) is 13.9. The number of pyridine rings is 1. The van der Waals surface area contributed by atoms with Gasteiger partial charge < -0.3 is 10.1 Å². The fourth-order valence-electron chi connectivity index (χ4n) is 3.16. The molecule has 0 radical (unpaired) electrons. The van der Waals surface area contributed by atoms with Crippen molar-refractivity contribution in [3.63, 3.8) is 0 Å². The number of fused-ring (bicyclic) bond motifs is 2. The summed E-state index contributed by atoms with van der Waals surface area (Å²) in [5.74, 6) is -1.23. The first-order valence-corrected chi connectivity index (χ1v) is 8.05. The molecule has 0 aliphatic heterocycles. The average Bonchev–Trinajstić information content (AvgIpc) is 3.21. The quantitative estimate of drug-likeness (QED) is 0.553. The van der Waals surface area contributed by atoms with E-state index < -0.39 is 5.97 Å². The number of nitrogens with zero attached hydrogens (tertiary/aromatic N) is 2. The number of aliphatic carboxylic acids is 1. The van der Waals surface area contributed by atoms with Crippen LogP contribution >= 0.6 is 0 Å². The number of nitrogens with one attached hydrogen (secondary N) is 1. The minimum Gasteiger partial charge on any atom is -0.478 e. The molecule has 4 aromatic rings. The Morgan fingerprint density at radius 3 is 2.69 bits per heavy atom. The second-order valence-electron chi connectivity index (χ2n) is 5.96. The van der Waals surface area contributed by atoms with Crippen LogP contribution in [-0.4, -0.2) is 31.5 Å². The molecule has 0 unspecified atom stereocenters. The van der Waals surface area contributed by atoms with E-state index in [1.807, 2.05) is 24.3 Å². The summed E-state index contributed by atoms with van der Waals surface area (Å²) < 4.78 is 1.47. The standard InChI is InChI=1S/C20H15N3O3/c1-12(24)23-11-17(15-5-2-3-7-18(15)23)16(20(25)26)9-13-10-22-19-14(13)6-4-8-21-19/h2-11H,1H3,(H,21,22)(H,25,26). The zero-order valence-electron chi connectivity index (χ0n) is 13.9. The van der Waals surface area contributed by atoms with Gasteiger partial charge in [0.15, 0.2) is 0 Å². The van der Waals surface area contributed by atoms with E-state index in [4.69, 9.17) is 0 Å². The van der Waals surface area contributed by atoms with E-state index in [2.05, 4.69) is 9.97 Å². The Balaban J connectivity index is 1.98. The topological polar surface area (TPSA) is 88.0 Å². The van der Waals surface area contributed by atoms with Crippen LogP contribution < -0.4 is 0 Å². The minimum absolute atomic E-state index is 0.117. The Morgan fingerprint density at radius 1 is 1.15 bits per heavy atom. The van der Waals surface area contributed by atoms with E-state index in [1.54, 1.807) is 36.8 Å². The molecule has 6 nitrogen and oxygen atoms in total. The smallest absolute Gasteiger partial charge is 0.336 e. The number of carboxylic acids is 1. The molecular formula is C20H15N3O3. The maximum atomic E-state index is 12.0. The van der Waals surface area contributed by atoms with Gasteiger partial charge in [0.25, 0.3) is 0 Å². The Hall–Kier alpha value is -3.67. The lowest BCUT2D eigenvalue weighted by molar-refractivity contribution is -0.130. The highest BCUT2D eigenvalue weighted by Gasteiger charge is 2.19.